The molecule has 0 aromatic heterocycles. The topological polar surface area (TPSA) is 18.5 Å². The van der Waals surface area contributed by atoms with E-state index in [0.717, 1.165) is 0 Å². The number of hydrogen-bond donors (Lipinski definition) is 0. The Kier molecular flexibility index (Phi) is 2.29. The van der Waals surface area contributed by atoms with Gasteiger partial charge in [0, 0.05) is 6.92 Å². The van der Waals surface area contributed by atoms with Gasteiger partial charge in [-0.25, -0.2) is 0 Å². The summed E-state index contributed by atoms with van der Waals surface area (Å²) < 4.78 is 49.0. The molecular formula is C11H11F3O2. The smallest absolute Gasteiger partial charge is 0.446 e. The Morgan fingerprint density at radius 3 is 2.50 bits per heavy atom. The molecule has 0 amide bonds. The first-order valence-electron chi connectivity index (χ1n) is 4.94. The second-order valence-corrected chi connectivity index (χ2v) is 3.74. The number of aryl methyl sites for hydroxylation is 1. The lowest BCUT2D eigenvalue weighted by molar-refractivity contribution is -0.332. The molecule has 88 valence electrons. The molecule has 1 aliphatic heterocycles. The van der Waals surface area contributed by atoms with Crippen molar-refractivity contribution in [3.05, 3.63) is 23.8 Å². The van der Waals surface area contributed by atoms with Gasteiger partial charge in [-0.15, -0.1) is 0 Å². The van der Waals surface area contributed by atoms with E-state index in [9.17, 15) is 13.2 Å². The van der Waals surface area contributed by atoms with Gasteiger partial charge in [0.05, 0.1) is 0 Å². The third kappa shape index (κ3) is 1.50. The maximum Gasteiger partial charge on any atom is 0.471 e. The highest BCUT2D eigenvalue weighted by Gasteiger charge is 2.60. The zero-order valence-electron chi connectivity index (χ0n) is 8.89. The molecule has 2 nitrogen and oxygen atoms in total. The monoisotopic (exact) mass is 232 g/mol. The van der Waals surface area contributed by atoms with Crippen LogP contribution in [0.15, 0.2) is 18.2 Å². The molecule has 1 aliphatic rings. The van der Waals surface area contributed by atoms with Crippen molar-refractivity contribution in [1.29, 1.82) is 0 Å². The molecular weight excluding hydrogens is 221 g/mol. The lowest BCUT2D eigenvalue weighted by Gasteiger charge is -2.36. The summed E-state index contributed by atoms with van der Waals surface area (Å²) in [6.07, 6.45) is -3.48. The van der Waals surface area contributed by atoms with Gasteiger partial charge >= 0.3 is 12.0 Å². The minimum absolute atomic E-state index is 0.00951. The molecule has 16 heavy (non-hydrogen) atoms. The fourth-order valence-corrected chi connectivity index (χ4v) is 1.52. The predicted octanol–water partition coefficient (Wildman–Crippen LogP) is 3.30. The highest BCUT2D eigenvalue weighted by Crippen LogP contribution is 2.47. The fourth-order valence-electron chi connectivity index (χ4n) is 1.52. The molecule has 1 unspecified atom stereocenters. The van der Waals surface area contributed by atoms with E-state index in [2.05, 4.69) is 9.47 Å². The molecule has 0 aliphatic carbocycles. The Morgan fingerprint density at radius 1 is 1.19 bits per heavy atom. The summed E-state index contributed by atoms with van der Waals surface area (Å²) >= 11 is 0. The predicted molar refractivity (Wildman–Crippen MR) is 51.5 cm³/mol. The molecule has 0 saturated carbocycles. The molecule has 2 rings (SSSR count). The minimum Gasteiger partial charge on any atom is -0.446 e. The second kappa shape index (κ2) is 3.30. The van der Waals surface area contributed by atoms with Crippen LogP contribution >= 0.6 is 0 Å². The van der Waals surface area contributed by atoms with Crippen molar-refractivity contribution >= 4 is 0 Å². The molecule has 0 spiro atoms. The van der Waals surface area contributed by atoms with Crippen molar-refractivity contribution in [2.75, 3.05) is 0 Å². The van der Waals surface area contributed by atoms with Gasteiger partial charge in [-0.3, -0.25) is 0 Å². The fraction of sp³-hybridized carbons (Fsp3) is 0.455. The van der Waals surface area contributed by atoms with E-state index in [1.807, 2.05) is 0 Å². The number of para-hydroxylation sites is 1. The van der Waals surface area contributed by atoms with Gasteiger partial charge in [-0.1, -0.05) is 19.1 Å². The van der Waals surface area contributed by atoms with Crippen LogP contribution in [0.1, 0.15) is 19.4 Å². The molecule has 5 heteroatoms. The highest BCUT2D eigenvalue weighted by molar-refractivity contribution is 5.48. The van der Waals surface area contributed by atoms with Crippen molar-refractivity contribution in [2.24, 2.45) is 0 Å². The first-order valence-corrected chi connectivity index (χ1v) is 4.94. The van der Waals surface area contributed by atoms with Crippen LogP contribution in [-0.2, 0) is 6.42 Å². The van der Waals surface area contributed by atoms with Crippen molar-refractivity contribution in [3.63, 3.8) is 0 Å². The third-order valence-corrected chi connectivity index (χ3v) is 2.49. The van der Waals surface area contributed by atoms with Crippen LogP contribution < -0.4 is 9.47 Å². The summed E-state index contributed by atoms with van der Waals surface area (Å²) in [6, 6.07) is 4.65. The van der Waals surface area contributed by atoms with Gasteiger partial charge in [0.25, 0.3) is 0 Å². The summed E-state index contributed by atoms with van der Waals surface area (Å²) in [5.74, 6) is -3.22. The molecule has 0 saturated heterocycles. The molecule has 0 bridgehead atoms. The summed E-state index contributed by atoms with van der Waals surface area (Å²) in [5, 5.41) is 0. The standard InChI is InChI=1S/C11H11F3O2/c1-3-7-5-4-6-8-9(7)16-11(13,14)10(2,12)15-8/h4-6H,3H2,1-2H3. The molecule has 0 radical (unpaired) electrons. The van der Waals surface area contributed by atoms with Crippen LogP contribution in [0.3, 0.4) is 0 Å². The Hall–Kier alpha value is -1.39. The van der Waals surface area contributed by atoms with Crippen molar-refractivity contribution in [3.8, 4) is 11.5 Å². The van der Waals surface area contributed by atoms with Crippen LogP contribution in [0.4, 0.5) is 13.2 Å². The molecule has 0 N–H and O–H groups in total. The molecule has 1 heterocycles. The highest BCUT2D eigenvalue weighted by atomic mass is 19.3. The zero-order chi connectivity index (χ0) is 12.0. The first kappa shape index (κ1) is 11.1. The van der Waals surface area contributed by atoms with Crippen LogP contribution in [0.2, 0.25) is 0 Å². The summed E-state index contributed by atoms with van der Waals surface area (Å²) in [4.78, 5) is 0. The van der Waals surface area contributed by atoms with Crippen LogP contribution in [0.25, 0.3) is 0 Å². The molecule has 0 fully saturated rings. The largest absolute Gasteiger partial charge is 0.471 e. The van der Waals surface area contributed by atoms with E-state index in [0.29, 0.717) is 18.9 Å². The van der Waals surface area contributed by atoms with Crippen molar-refractivity contribution in [1.82, 2.24) is 0 Å². The number of fused-ring (bicyclic) bond motifs is 1. The van der Waals surface area contributed by atoms with Crippen molar-refractivity contribution < 1.29 is 22.6 Å². The van der Waals surface area contributed by atoms with Gasteiger partial charge in [-0.05, 0) is 18.1 Å². The van der Waals surface area contributed by atoms with Crippen LogP contribution in [-0.4, -0.2) is 12.0 Å². The van der Waals surface area contributed by atoms with E-state index in [4.69, 9.17) is 0 Å². The summed E-state index contributed by atoms with van der Waals surface area (Å²) in [5.41, 5.74) is 0.563. The Bertz CT molecular complexity index is 416. The van der Waals surface area contributed by atoms with E-state index in [-0.39, 0.29) is 11.5 Å². The number of benzene rings is 1. The number of ether oxygens (including phenoxy) is 2. The third-order valence-electron chi connectivity index (χ3n) is 2.49. The van der Waals surface area contributed by atoms with E-state index >= 15 is 0 Å². The van der Waals surface area contributed by atoms with E-state index < -0.39 is 12.0 Å². The SMILES string of the molecule is CCc1cccc2c1OC(F)(F)C(C)(F)O2. The molecule has 1 aromatic rings. The Morgan fingerprint density at radius 2 is 1.88 bits per heavy atom. The minimum atomic E-state index is -3.98. The maximum atomic E-state index is 13.5. The Labute approximate surface area is 91.0 Å². The van der Waals surface area contributed by atoms with Gasteiger partial charge in [-0.2, -0.15) is 13.2 Å². The Balaban J connectivity index is 2.51. The lowest BCUT2D eigenvalue weighted by atomic mass is 10.1. The number of alkyl halides is 3. The van der Waals surface area contributed by atoms with E-state index in [1.54, 1.807) is 19.1 Å². The number of hydrogen-bond acceptors (Lipinski definition) is 2. The van der Waals surface area contributed by atoms with Gasteiger partial charge in [0.2, 0.25) is 0 Å². The first-order chi connectivity index (χ1) is 7.37. The van der Waals surface area contributed by atoms with Gasteiger partial charge in [0.15, 0.2) is 11.5 Å². The molecule has 1 aromatic carbocycles. The average molecular weight is 232 g/mol. The number of halogens is 3. The average Bonchev–Trinajstić information content (AvgIpc) is 2.18. The van der Waals surface area contributed by atoms with Gasteiger partial charge < -0.3 is 9.47 Å². The second-order valence-electron chi connectivity index (χ2n) is 3.74. The summed E-state index contributed by atoms with van der Waals surface area (Å²) in [6.45, 7) is 2.44. The van der Waals surface area contributed by atoms with Crippen LogP contribution in [0.5, 0.6) is 11.5 Å². The number of rotatable bonds is 1. The zero-order valence-corrected chi connectivity index (χ0v) is 8.89. The maximum absolute atomic E-state index is 13.5. The quantitative estimate of drug-likeness (QED) is 0.739. The van der Waals surface area contributed by atoms with Crippen molar-refractivity contribution in [2.45, 2.75) is 32.2 Å². The van der Waals surface area contributed by atoms with Gasteiger partial charge in [0.1, 0.15) is 0 Å². The van der Waals surface area contributed by atoms with Crippen LogP contribution in [0, 0.1) is 0 Å². The normalized spacial score (nSPS) is 26.6. The van der Waals surface area contributed by atoms with E-state index in [1.165, 1.54) is 6.07 Å². The summed E-state index contributed by atoms with van der Waals surface area (Å²) in [7, 11) is 0. The lowest BCUT2D eigenvalue weighted by Crippen LogP contribution is -2.53. The molecule has 1 atom stereocenters.